The molecule has 0 radical (unpaired) electrons. The molecule has 0 atom stereocenters. The van der Waals surface area contributed by atoms with E-state index in [2.05, 4.69) is 4.98 Å². The van der Waals surface area contributed by atoms with Crippen molar-refractivity contribution in [2.24, 2.45) is 0 Å². The van der Waals surface area contributed by atoms with Gasteiger partial charge in [0.2, 0.25) is 0 Å². The summed E-state index contributed by atoms with van der Waals surface area (Å²) in [6.07, 6.45) is 2.98. The van der Waals surface area contributed by atoms with E-state index in [0.717, 1.165) is 0 Å². The monoisotopic (exact) mass is 204 g/mol. The summed E-state index contributed by atoms with van der Waals surface area (Å²) >= 11 is 0. The largest absolute Gasteiger partial charge is 0.392 e. The zero-order chi connectivity index (χ0) is 10.8. The van der Waals surface area contributed by atoms with Gasteiger partial charge in [0.05, 0.1) is 16.9 Å². The van der Waals surface area contributed by atoms with Crippen LogP contribution in [0.5, 0.6) is 0 Å². The number of aromatic nitrogens is 1. The molecule has 1 heterocycles. The van der Waals surface area contributed by atoms with Gasteiger partial charge in [-0.25, -0.2) is 0 Å². The number of benzene rings is 1. The molecular weight excluding hydrogens is 196 g/mol. The van der Waals surface area contributed by atoms with Crippen LogP contribution in [0.1, 0.15) is 5.56 Å². The maximum absolute atomic E-state index is 10.7. The van der Waals surface area contributed by atoms with E-state index in [-0.39, 0.29) is 12.3 Å². The van der Waals surface area contributed by atoms with Crippen molar-refractivity contribution in [3.63, 3.8) is 0 Å². The summed E-state index contributed by atoms with van der Waals surface area (Å²) in [7, 11) is 0. The summed E-state index contributed by atoms with van der Waals surface area (Å²) in [5.74, 6) is 0. The standard InChI is InChI=1S/C10H8N2O3/c13-6-7-1-2-10(12(14)15)9-5-11-4-3-8(7)9/h1-5,13H,6H2. The molecule has 2 aromatic rings. The summed E-state index contributed by atoms with van der Waals surface area (Å²) < 4.78 is 0. The Morgan fingerprint density at radius 2 is 2.13 bits per heavy atom. The molecule has 1 aromatic heterocycles. The molecule has 0 amide bonds. The number of hydrogen-bond acceptors (Lipinski definition) is 4. The zero-order valence-corrected chi connectivity index (χ0v) is 7.75. The van der Waals surface area contributed by atoms with Gasteiger partial charge in [-0.05, 0) is 23.1 Å². The van der Waals surface area contributed by atoms with E-state index in [1.807, 2.05) is 0 Å². The molecule has 1 N–H and O–H groups in total. The number of nitro groups is 1. The van der Waals surface area contributed by atoms with Crippen molar-refractivity contribution in [3.8, 4) is 0 Å². The summed E-state index contributed by atoms with van der Waals surface area (Å²) in [6, 6.07) is 4.60. The average molecular weight is 204 g/mol. The van der Waals surface area contributed by atoms with Gasteiger partial charge in [-0.1, -0.05) is 0 Å². The Morgan fingerprint density at radius 1 is 1.33 bits per heavy atom. The molecular formula is C10H8N2O3. The lowest BCUT2D eigenvalue weighted by Crippen LogP contribution is -1.93. The van der Waals surface area contributed by atoms with Gasteiger partial charge in [0.1, 0.15) is 0 Å². The van der Waals surface area contributed by atoms with E-state index in [4.69, 9.17) is 5.11 Å². The normalized spacial score (nSPS) is 10.5. The fourth-order valence-corrected chi connectivity index (χ4v) is 1.53. The molecule has 0 unspecified atom stereocenters. The number of non-ortho nitro benzene ring substituents is 1. The van der Waals surface area contributed by atoms with Crippen molar-refractivity contribution in [1.29, 1.82) is 0 Å². The summed E-state index contributed by atoms with van der Waals surface area (Å²) in [5, 5.41) is 20.9. The minimum Gasteiger partial charge on any atom is -0.392 e. The number of hydrogen-bond donors (Lipinski definition) is 1. The van der Waals surface area contributed by atoms with E-state index in [9.17, 15) is 10.1 Å². The van der Waals surface area contributed by atoms with E-state index < -0.39 is 4.92 Å². The van der Waals surface area contributed by atoms with Crippen LogP contribution in [-0.2, 0) is 6.61 Å². The van der Waals surface area contributed by atoms with Crippen LogP contribution in [0.2, 0.25) is 0 Å². The van der Waals surface area contributed by atoms with E-state index in [1.165, 1.54) is 12.3 Å². The van der Waals surface area contributed by atoms with Gasteiger partial charge in [-0.15, -0.1) is 0 Å². The number of nitrogens with zero attached hydrogens (tertiary/aromatic N) is 2. The molecule has 1 aromatic carbocycles. The molecule has 0 aliphatic carbocycles. The lowest BCUT2D eigenvalue weighted by Gasteiger charge is -2.03. The van der Waals surface area contributed by atoms with Crippen LogP contribution in [0.25, 0.3) is 10.8 Å². The van der Waals surface area contributed by atoms with Crippen molar-refractivity contribution >= 4 is 16.5 Å². The molecule has 5 nitrogen and oxygen atoms in total. The van der Waals surface area contributed by atoms with Crippen LogP contribution in [0.4, 0.5) is 5.69 Å². The molecule has 0 spiro atoms. The molecule has 15 heavy (non-hydrogen) atoms. The molecule has 5 heteroatoms. The van der Waals surface area contributed by atoms with Gasteiger partial charge in [0, 0.05) is 18.5 Å². The van der Waals surface area contributed by atoms with Crippen molar-refractivity contribution in [2.45, 2.75) is 6.61 Å². The summed E-state index contributed by atoms with van der Waals surface area (Å²) in [4.78, 5) is 14.1. The zero-order valence-electron chi connectivity index (χ0n) is 7.75. The van der Waals surface area contributed by atoms with Gasteiger partial charge in [-0.2, -0.15) is 0 Å². The molecule has 0 fully saturated rings. The van der Waals surface area contributed by atoms with E-state index >= 15 is 0 Å². The van der Waals surface area contributed by atoms with Gasteiger partial charge in [0.25, 0.3) is 5.69 Å². The van der Waals surface area contributed by atoms with Gasteiger partial charge in [-0.3, -0.25) is 15.1 Å². The predicted molar refractivity (Wildman–Crippen MR) is 54.3 cm³/mol. The van der Waals surface area contributed by atoms with Crippen molar-refractivity contribution < 1.29 is 10.0 Å². The first-order valence-corrected chi connectivity index (χ1v) is 4.35. The number of aliphatic hydroxyl groups is 1. The third-order valence-electron chi connectivity index (χ3n) is 2.25. The first-order chi connectivity index (χ1) is 7.24. The molecule has 76 valence electrons. The van der Waals surface area contributed by atoms with Gasteiger partial charge in [0.15, 0.2) is 0 Å². The van der Waals surface area contributed by atoms with Gasteiger partial charge >= 0.3 is 0 Å². The average Bonchev–Trinajstić information content (AvgIpc) is 2.27. The maximum Gasteiger partial charge on any atom is 0.278 e. The molecule has 0 saturated carbocycles. The minimum absolute atomic E-state index is 0.00954. The first kappa shape index (κ1) is 9.54. The highest BCUT2D eigenvalue weighted by atomic mass is 16.6. The SMILES string of the molecule is O=[N+]([O-])c1ccc(CO)c2ccncc12. The number of nitro benzene ring substituents is 1. The highest BCUT2D eigenvalue weighted by molar-refractivity contribution is 5.92. The van der Waals surface area contributed by atoms with Crippen LogP contribution < -0.4 is 0 Å². The quantitative estimate of drug-likeness (QED) is 0.595. The second-order valence-electron chi connectivity index (χ2n) is 3.08. The van der Waals surface area contributed by atoms with Crippen LogP contribution in [0, 0.1) is 10.1 Å². The second-order valence-corrected chi connectivity index (χ2v) is 3.08. The van der Waals surface area contributed by atoms with Crippen molar-refractivity contribution in [2.75, 3.05) is 0 Å². The number of rotatable bonds is 2. The van der Waals surface area contributed by atoms with Crippen molar-refractivity contribution in [1.82, 2.24) is 4.98 Å². The van der Waals surface area contributed by atoms with Crippen LogP contribution in [0.15, 0.2) is 30.6 Å². The number of pyridine rings is 1. The van der Waals surface area contributed by atoms with Crippen LogP contribution in [0.3, 0.4) is 0 Å². The molecule has 2 rings (SSSR count). The Morgan fingerprint density at radius 3 is 2.80 bits per heavy atom. The second kappa shape index (κ2) is 3.62. The maximum atomic E-state index is 10.7. The topological polar surface area (TPSA) is 76.3 Å². The fraction of sp³-hybridized carbons (Fsp3) is 0.100. The lowest BCUT2D eigenvalue weighted by molar-refractivity contribution is -0.383. The smallest absolute Gasteiger partial charge is 0.278 e. The van der Waals surface area contributed by atoms with E-state index in [0.29, 0.717) is 16.3 Å². The lowest BCUT2D eigenvalue weighted by atomic mass is 10.1. The summed E-state index contributed by atoms with van der Waals surface area (Å²) in [5.41, 5.74) is 0.674. The number of aliphatic hydroxyl groups excluding tert-OH is 1. The molecule has 0 aliphatic heterocycles. The van der Waals surface area contributed by atoms with Crippen LogP contribution >= 0.6 is 0 Å². The Bertz CT molecular complexity index is 525. The van der Waals surface area contributed by atoms with E-state index in [1.54, 1.807) is 18.3 Å². The highest BCUT2D eigenvalue weighted by Crippen LogP contribution is 2.27. The Labute approximate surface area is 85.1 Å². The molecule has 0 bridgehead atoms. The Kier molecular flexibility index (Phi) is 2.31. The van der Waals surface area contributed by atoms with Gasteiger partial charge < -0.3 is 5.11 Å². The third kappa shape index (κ3) is 1.53. The molecule has 0 saturated heterocycles. The van der Waals surface area contributed by atoms with Crippen molar-refractivity contribution in [3.05, 3.63) is 46.3 Å². The molecule has 0 aliphatic rings. The minimum atomic E-state index is -0.453. The fourth-order valence-electron chi connectivity index (χ4n) is 1.53. The predicted octanol–water partition coefficient (Wildman–Crippen LogP) is 1.64. The number of fused-ring (bicyclic) bond motifs is 1. The summed E-state index contributed by atoms with van der Waals surface area (Å²) in [6.45, 7) is -0.140. The first-order valence-electron chi connectivity index (χ1n) is 4.35. The third-order valence-corrected chi connectivity index (χ3v) is 2.25. The highest BCUT2D eigenvalue weighted by Gasteiger charge is 2.13. The Balaban J connectivity index is 2.83. The van der Waals surface area contributed by atoms with Crippen LogP contribution in [-0.4, -0.2) is 15.0 Å². The Hall–Kier alpha value is -2.01.